The lowest BCUT2D eigenvalue weighted by atomic mass is 10.1. The van der Waals surface area contributed by atoms with E-state index >= 15 is 0 Å². The summed E-state index contributed by atoms with van der Waals surface area (Å²) in [6.07, 6.45) is 1.53. The Labute approximate surface area is 102 Å². The average molecular weight is 256 g/mol. The third kappa shape index (κ3) is 1.44. The molecule has 0 unspecified atom stereocenters. The molecule has 5 heteroatoms. The second-order valence-corrected chi connectivity index (χ2v) is 4.10. The van der Waals surface area contributed by atoms with E-state index in [2.05, 4.69) is 6.58 Å². The van der Waals surface area contributed by atoms with Gasteiger partial charge in [0.25, 0.3) is 11.7 Å². The zero-order chi connectivity index (χ0) is 11.9. The van der Waals surface area contributed by atoms with Crippen molar-refractivity contribution in [3.8, 4) is 0 Å². The van der Waals surface area contributed by atoms with Crippen molar-refractivity contribution in [3.63, 3.8) is 0 Å². The zero-order valence-corrected chi connectivity index (χ0v) is 9.68. The molecule has 0 N–H and O–H groups in total. The van der Waals surface area contributed by atoms with Crippen molar-refractivity contribution < 1.29 is 9.59 Å². The molecule has 1 aromatic rings. The molecule has 3 nitrogen and oxygen atoms in total. The van der Waals surface area contributed by atoms with Gasteiger partial charge >= 0.3 is 0 Å². The Kier molecular flexibility index (Phi) is 2.74. The summed E-state index contributed by atoms with van der Waals surface area (Å²) in [4.78, 5) is 24.6. The second kappa shape index (κ2) is 3.92. The summed E-state index contributed by atoms with van der Waals surface area (Å²) in [6.45, 7) is 3.76. The van der Waals surface area contributed by atoms with Crippen LogP contribution >= 0.6 is 23.2 Å². The Morgan fingerprint density at radius 2 is 1.88 bits per heavy atom. The number of Topliss-reactive ketones (excluding diaryl/α,β-unsaturated/α-hetero) is 1. The maximum atomic E-state index is 11.7. The van der Waals surface area contributed by atoms with Crippen LogP contribution in [-0.2, 0) is 4.79 Å². The van der Waals surface area contributed by atoms with Crippen molar-refractivity contribution in [3.05, 3.63) is 40.4 Å². The minimum Gasteiger partial charge on any atom is -0.299 e. The van der Waals surface area contributed by atoms with E-state index in [1.807, 2.05) is 0 Å². The van der Waals surface area contributed by atoms with Crippen molar-refractivity contribution in [1.82, 2.24) is 0 Å². The highest BCUT2D eigenvalue weighted by molar-refractivity contribution is 6.57. The van der Waals surface area contributed by atoms with Crippen molar-refractivity contribution in [1.29, 1.82) is 0 Å². The fourth-order valence-electron chi connectivity index (χ4n) is 1.66. The fourth-order valence-corrected chi connectivity index (χ4v) is 2.15. The van der Waals surface area contributed by atoms with Crippen LogP contribution in [0.5, 0.6) is 0 Å². The van der Waals surface area contributed by atoms with Gasteiger partial charge in [-0.3, -0.25) is 14.5 Å². The summed E-state index contributed by atoms with van der Waals surface area (Å²) in [7, 11) is 0. The number of amides is 1. The number of nitrogens with zero attached hydrogens (tertiary/aromatic N) is 1. The largest absolute Gasteiger partial charge is 0.299 e. The van der Waals surface area contributed by atoms with Gasteiger partial charge in [-0.2, -0.15) is 0 Å². The fraction of sp³-hybridized carbons (Fsp3) is 0.0909. The predicted molar refractivity (Wildman–Crippen MR) is 63.3 cm³/mol. The van der Waals surface area contributed by atoms with Crippen LogP contribution in [0.3, 0.4) is 0 Å². The summed E-state index contributed by atoms with van der Waals surface area (Å²) in [5.41, 5.74) is 0.560. The molecule has 0 radical (unpaired) electrons. The normalized spacial score (nSPS) is 14.2. The van der Waals surface area contributed by atoms with Gasteiger partial charge in [-0.15, -0.1) is 6.58 Å². The quantitative estimate of drug-likeness (QED) is 0.602. The van der Waals surface area contributed by atoms with Crippen LogP contribution in [0.4, 0.5) is 5.69 Å². The number of hydrogen-bond acceptors (Lipinski definition) is 2. The van der Waals surface area contributed by atoms with Gasteiger partial charge in [-0.05, 0) is 12.1 Å². The Bertz CT molecular complexity index is 511. The highest BCUT2D eigenvalue weighted by Crippen LogP contribution is 2.39. The molecule has 82 valence electrons. The van der Waals surface area contributed by atoms with Gasteiger partial charge in [0.2, 0.25) is 0 Å². The molecule has 0 aliphatic carbocycles. The van der Waals surface area contributed by atoms with Crippen LogP contribution in [0.25, 0.3) is 0 Å². The Morgan fingerprint density at radius 1 is 1.25 bits per heavy atom. The molecule has 1 aliphatic rings. The monoisotopic (exact) mass is 255 g/mol. The van der Waals surface area contributed by atoms with E-state index in [-0.39, 0.29) is 17.1 Å². The van der Waals surface area contributed by atoms with Crippen LogP contribution in [-0.4, -0.2) is 18.2 Å². The first-order valence-corrected chi connectivity index (χ1v) is 5.28. The molecule has 0 saturated heterocycles. The number of halogens is 2. The maximum absolute atomic E-state index is 11.7. The van der Waals surface area contributed by atoms with Gasteiger partial charge in [0.1, 0.15) is 0 Å². The highest BCUT2D eigenvalue weighted by atomic mass is 35.5. The van der Waals surface area contributed by atoms with Crippen molar-refractivity contribution in [2.45, 2.75) is 0 Å². The number of fused-ring (bicyclic) bond motifs is 1. The summed E-state index contributed by atoms with van der Waals surface area (Å²) in [5.74, 6) is -1.24. The topological polar surface area (TPSA) is 37.4 Å². The molecule has 0 saturated carbocycles. The molecular weight excluding hydrogens is 249 g/mol. The van der Waals surface area contributed by atoms with Crippen molar-refractivity contribution >= 4 is 40.6 Å². The number of rotatable bonds is 2. The van der Waals surface area contributed by atoms with E-state index in [0.29, 0.717) is 10.7 Å². The van der Waals surface area contributed by atoms with Crippen molar-refractivity contribution in [2.75, 3.05) is 11.4 Å². The lowest BCUT2D eigenvalue weighted by Gasteiger charge is -2.15. The second-order valence-electron chi connectivity index (χ2n) is 3.29. The first kappa shape index (κ1) is 11.2. The predicted octanol–water partition coefficient (Wildman–Crippen LogP) is 2.71. The molecule has 1 aromatic carbocycles. The first-order chi connectivity index (χ1) is 7.57. The van der Waals surface area contributed by atoms with Gasteiger partial charge < -0.3 is 0 Å². The third-order valence-electron chi connectivity index (χ3n) is 2.33. The first-order valence-electron chi connectivity index (χ1n) is 4.53. The van der Waals surface area contributed by atoms with Gasteiger partial charge in [-0.1, -0.05) is 29.3 Å². The Hall–Kier alpha value is -1.32. The lowest BCUT2D eigenvalue weighted by molar-refractivity contribution is -0.114. The molecule has 0 atom stereocenters. The molecular formula is C11H7Cl2NO2. The number of ketones is 1. The molecule has 16 heavy (non-hydrogen) atoms. The van der Waals surface area contributed by atoms with E-state index in [1.54, 1.807) is 6.07 Å². The van der Waals surface area contributed by atoms with Crippen LogP contribution in [0, 0.1) is 0 Å². The summed E-state index contributed by atoms with van der Waals surface area (Å²) in [6, 6.07) is 3.07. The average Bonchev–Trinajstić information content (AvgIpc) is 2.50. The van der Waals surface area contributed by atoms with Crippen molar-refractivity contribution in [2.24, 2.45) is 0 Å². The maximum Gasteiger partial charge on any atom is 0.299 e. The number of carbonyl (C=O) groups excluding carboxylic acids is 2. The third-order valence-corrected chi connectivity index (χ3v) is 2.95. The molecule has 2 rings (SSSR count). The molecule has 0 fully saturated rings. The number of carbonyl (C=O) groups is 2. The van der Waals surface area contributed by atoms with Crippen LogP contribution in [0.2, 0.25) is 10.0 Å². The van der Waals surface area contributed by atoms with Crippen LogP contribution in [0.1, 0.15) is 10.4 Å². The zero-order valence-electron chi connectivity index (χ0n) is 8.17. The van der Waals surface area contributed by atoms with E-state index in [1.165, 1.54) is 17.0 Å². The van der Waals surface area contributed by atoms with Crippen LogP contribution in [0.15, 0.2) is 24.8 Å². The Balaban J connectivity index is 2.69. The van der Waals surface area contributed by atoms with Crippen LogP contribution < -0.4 is 4.90 Å². The number of hydrogen-bond donors (Lipinski definition) is 0. The summed E-state index contributed by atoms with van der Waals surface area (Å²) in [5, 5.41) is 0.574. The highest BCUT2D eigenvalue weighted by Gasteiger charge is 2.38. The molecule has 0 spiro atoms. The minimum atomic E-state index is -0.621. The number of anilines is 1. The molecule has 1 heterocycles. The van der Waals surface area contributed by atoms with Gasteiger partial charge in [0.15, 0.2) is 0 Å². The summed E-state index contributed by atoms with van der Waals surface area (Å²) >= 11 is 11.8. The molecule has 0 bridgehead atoms. The SMILES string of the molecule is C=CCN1C(=O)C(=O)c2c(Cl)ccc(Cl)c21. The standard InChI is InChI=1S/C11H7Cl2NO2/c1-2-5-14-9-7(13)4-3-6(12)8(9)10(15)11(14)16/h2-4H,1,5H2. The molecule has 0 aromatic heterocycles. The molecule has 1 aliphatic heterocycles. The minimum absolute atomic E-state index is 0.181. The number of benzene rings is 1. The lowest BCUT2D eigenvalue weighted by Crippen LogP contribution is -2.29. The van der Waals surface area contributed by atoms with Gasteiger partial charge in [0, 0.05) is 6.54 Å². The Morgan fingerprint density at radius 3 is 2.50 bits per heavy atom. The van der Waals surface area contributed by atoms with E-state index in [0.717, 1.165) is 0 Å². The van der Waals surface area contributed by atoms with E-state index in [4.69, 9.17) is 23.2 Å². The van der Waals surface area contributed by atoms with Gasteiger partial charge in [-0.25, -0.2) is 0 Å². The molecule has 1 amide bonds. The van der Waals surface area contributed by atoms with E-state index in [9.17, 15) is 9.59 Å². The summed E-state index contributed by atoms with van der Waals surface area (Å²) < 4.78 is 0. The van der Waals surface area contributed by atoms with E-state index < -0.39 is 11.7 Å². The van der Waals surface area contributed by atoms with Gasteiger partial charge in [0.05, 0.1) is 21.3 Å². The smallest absolute Gasteiger partial charge is 0.299 e.